The molecule has 1 spiro atoms. The Morgan fingerprint density at radius 2 is 2.19 bits per heavy atom. The van der Waals surface area contributed by atoms with Crippen LogP contribution in [0.5, 0.6) is 5.75 Å². The number of aromatic amines is 1. The molecule has 2 aliphatic carbocycles. The van der Waals surface area contributed by atoms with Gasteiger partial charge >= 0.3 is 0 Å². The van der Waals surface area contributed by atoms with Crippen LogP contribution in [0.2, 0.25) is 0 Å². The Balaban J connectivity index is 1.34. The number of nitrogens with zero attached hydrogens (tertiary/aromatic N) is 2. The molecule has 7 heteroatoms. The highest BCUT2D eigenvalue weighted by molar-refractivity contribution is 5.94. The average molecular weight is 368 g/mol. The number of ether oxygens (including phenoxy) is 1. The van der Waals surface area contributed by atoms with Gasteiger partial charge in [0.1, 0.15) is 18.4 Å². The monoisotopic (exact) mass is 368 g/mol. The number of anilines is 1. The van der Waals surface area contributed by atoms with Crippen LogP contribution in [0, 0.1) is 5.41 Å². The van der Waals surface area contributed by atoms with E-state index in [2.05, 4.69) is 15.5 Å². The molecule has 1 fully saturated rings. The van der Waals surface area contributed by atoms with Crippen molar-refractivity contribution in [3.63, 3.8) is 0 Å². The molecule has 1 saturated carbocycles. The van der Waals surface area contributed by atoms with Crippen LogP contribution in [0.3, 0.4) is 0 Å². The number of rotatable bonds is 2. The molecule has 1 aromatic heterocycles. The maximum Gasteiger partial charge on any atom is 0.272 e. The fourth-order valence-corrected chi connectivity index (χ4v) is 4.36. The number of H-pyrrole nitrogens is 1. The molecule has 27 heavy (non-hydrogen) atoms. The molecule has 0 radical (unpaired) electrons. The molecular weight excluding hydrogens is 344 g/mol. The number of aliphatic hydroxyl groups excluding tert-OH is 1. The number of nitrogens with one attached hydrogen (secondary N) is 2. The van der Waals surface area contributed by atoms with Gasteiger partial charge in [0.2, 0.25) is 0 Å². The van der Waals surface area contributed by atoms with E-state index in [9.17, 15) is 9.90 Å². The molecule has 142 valence electrons. The number of aliphatic hydroxyl groups is 1. The van der Waals surface area contributed by atoms with Gasteiger partial charge < -0.3 is 20.1 Å². The van der Waals surface area contributed by atoms with Gasteiger partial charge in [-0.15, -0.1) is 0 Å². The van der Waals surface area contributed by atoms with Gasteiger partial charge in [-0.2, -0.15) is 5.10 Å². The summed E-state index contributed by atoms with van der Waals surface area (Å²) in [6.45, 7) is 0.198. The van der Waals surface area contributed by atoms with Crippen LogP contribution < -0.4 is 15.0 Å². The van der Waals surface area contributed by atoms with Crippen LogP contribution in [0.1, 0.15) is 41.0 Å². The van der Waals surface area contributed by atoms with Crippen LogP contribution in [-0.4, -0.2) is 47.1 Å². The summed E-state index contributed by atoms with van der Waals surface area (Å²) >= 11 is 0. The van der Waals surface area contributed by atoms with E-state index >= 15 is 0 Å². The second-order valence-corrected chi connectivity index (χ2v) is 8.09. The second kappa shape index (κ2) is 5.99. The highest BCUT2D eigenvalue weighted by Gasteiger charge is 2.46. The van der Waals surface area contributed by atoms with Crippen molar-refractivity contribution in [2.75, 3.05) is 18.6 Å². The predicted molar refractivity (Wildman–Crippen MR) is 99.9 cm³/mol. The van der Waals surface area contributed by atoms with Gasteiger partial charge in [0.15, 0.2) is 11.9 Å². The number of hydrogen-bond acceptors (Lipinski definition) is 5. The third-order valence-electron chi connectivity index (χ3n) is 6.32. The zero-order chi connectivity index (χ0) is 18.6. The van der Waals surface area contributed by atoms with Crippen LogP contribution in [0.4, 0.5) is 5.69 Å². The Labute approximate surface area is 157 Å². The number of hydrogen-bond donors (Lipinski definition) is 3. The summed E-state index contributed by atoms with van der Waals surface area (Å²) in [5.74, 6) is 0.439. The molecule has 1 unspecified atom stereocenters. The summed E-state index contributed by atoms with van der Waals surface area (Å²) in [6, 6.07) is 6.98. The number of para-hydroxylation sites is 2. The first kappa shape index (κ1) is 16.6. The summed E-state index contributed by atoms with van der Waals surface area (Å²) in [6.07, 6.45) is 4.70. The largest absolute Gasteiger partial charge is 0.489 e. The van der Waals surface area contributed by atoms with E-state index in [4.69, 9.17) is 4.74 Å². The Bertz CT molecular complexity index is 889. The van der Waals surface area contributed by atoms with E-state index in [0.717, 1.165) is 36.2 Å². The number of likely N-dealkylation sites (N-methyl/N-ethyl adjacent to an activating group) is 1. The van der Waals surface area contributed by atoms with Crippen molar-refractivity contribution in [2.45, 2.75) is 44.4 Å². The molecule has 3 N–H and O–H groups in total. The topological polar surface area (TPSA) is 90.5 Å². The van der Waals surface area contributed by atoms with E-state index < -0.39 is 12.3 Å². The van der Waals surface area contributed by atoms with Gasteiger partial charge in [0.25, 0.3) is 5.91 Å². The number of fused-ring (bicyclic) bond motifs is 2. The molecule has 1 aromatic carbocycles. The van der Waals surface area contributed by atoms with Crippen LogP contribution in [0.25, 0.3) is 0 Å². The quantitative estimate of drug-likeness (QED) is 0.749. The molecule has 2 heterocycles. The van der Waals surface area contributed by atoms with Crippen molar-refractivity contribution >= 4 is 11.6 Å². The fraction of sp³-hybridized carbons (Fsp3) is 0.500. The lowest BCUT2D eigenvalue weighted by Gasteiger charge is -2.29. The lowest BCUT2D eigenvalue weighted by atomic mass is 9.84. The maximum absolute atomic E-state index is 12.9. The van der Waals surface area contributed by atoms with Gasteiger partial charge in [0.05, 0.1) is 5.69 Å². The molecule has 0 saturated heterocycles. The third-order valence-corrected chi connectivity index (χ3v) is 6.32. The Kier molecular flexibility index (Phi) is 3.69. The van der Waals surface area contributed by atoms with E-state index in [1.807, 2.05) is 24.3 Å². The zero-order valence-electron chi connectivity index (χ0n) is 15.4. The van der Waals surface area contributed by atoms with Gasteiger partial charge in [-0.25, -0.2) is 0 Å². The normalized spacial score (nSPS) is 25.2. The van der Waals surface area contributed by atoms with Gasteiger partial charge in [-0.05, 0) is 49.7 Å². The highest BCUT2D eigenvalue weighted by atomic mass is 16.5. The van der Waals surface area contributed by atoms with E-state index in [0.29, 0.717) is 16.9 Å². The predicted octanol–water partition coefficient (Wildman–Crippen LogP) is 1.62. The Morgan fingerprint density at radius 1 is 1.37 bits per heavy atom. The Morgan fingerprint density at radius 3 is 3.00 bits per heavy atom. The van der Waals surface area contributed by atoms with Crippen molar-refractivity contribution < 1.29 is 14.6 Å². The molecule has 1 aliphatic heterocycles. The van der Waals surface area contributed by atoms with Gasteiger partial charge in [-0.1, -0.05) is 12.1 Å². The van der Waals surface area contributed by atoms with Gasteiger partial charge in [-0.3, -0.25) is 9.89 Å². The number of amides is 1. The second-order valence-electron chi connectivity index (χ2n) is 8.09. The highest BCUT2D eigenvalue weighted by Crippen LogP contribution is 2.54. The number of aromatic nitrogens is 2. The summed E-state index contributed by atoms with van der Waals surface area (Å²) in [5, 5.41) is 21.0. The van der Waals surface area contributed by atoms with Gasteiger partial charge in [0, 0.05) is 18.3 Å². The minimum absolute atomic E-state index is 0.198. The molecular formula is C20H24N4O3. The van der Waals surface area contributed by atoms with Crippen LogP contribution >= 0.6 is 0 Å². The Hall–Kier alpha value is -2.54. The first-order chi connectivity index (χ1) is 13.1. The average Bonchev–Trinajstić information content (AvgIpc) is 3.32. The molecule has 3 aliphatic rings. The van der Waals surface area contributed by atoms with Crippen molar-refractivity contribution in [1.82, 2.24) is 15.5 Å². The number of carbonyl (C=O) groups is 1. The summed E-state index contributed by atoms with van der Waals surface area (Å²) < 4.78 is 5.82. The molecule has 5 rings (SSSR count). The first-order valence-electron chi connectivity index (χ1n) is 9.56. The van der Waals surface area contributed by atoms with Crippen molar-refractivity contribution in [3.8, 4) is 5.75 Å². The molecule has 1 amide bonds. The summed E-state index contributed by atoms with van der Waals surface area (Å²) in [7, 11) is 1.79. The van der Waals surface area contributed by atoms with Crippen molar-refractivity contribution in [2.24, 2.45) is 5.41 Å². The lowest BCUT2D eigenvalue weighted by Crippen LogP contribution is -2.52. The van der Waals surface area contributed by atoms with E-state index in [1.54, 1.807) is 11.9 Å². The first-order valence-corrected chi connectivity index (χ1v) is 9.56. The fourth-order valence-electron chi connectivity index (χ4n) is 4.36. The lowest BCUT2D eigenvalue weighted by molar-refractivity contribution is 0.0766. The van der Waals surface area contributed by atoms with Crippen LogP contribution in [0.15, 0.2) is 24.3 Å². The van der Waals surface area contributed by atoms with Crippen molar-refractivity contribution in [3.05, 3.63) is 41.2 Å². The number of benzene rings is 1. The molecule has 2 atom stereocenters. The van der Waals surface area contributed by atoms with E-state index in [-0.39, 0.29) is 12.5 Å². The minimum atomic E-state index is -0.887. The minimum Gasteiger partial charge on any atom is -0.489 e. The molecule has 0 bridgehead atoms. The van der Waals surface area contributed by atoms with Crippen LogP contribution in [-0.2, 0) is 12.8 Å². The third kappa shape index (κ3) is 2.77. The number of carbonyl (C=O) groups excluding carboxylic acids is 1. The summed E-state index contributed by atoms with van der Waals surface area (Å²) in [5.41, 5.74) is 3.86. The summed E-state index contributed by atoms with van der Waals surface area (Å²) in [4.78, 5) is 14.6. The zero-order valence-corrected chi connectivity index (χ0v) is 15.4. The van der Waals surface area contributed by atoms with E-state index in [1.165, 1.54) is 12.8 Å². The SMILES string of the molecule is CN1c2ccccc2OC[C@H](NC(=O)c2n[nH]c3c2CCC2(CC2)C3)C1O. The van der Waals surface area contributed by atoms with Crippen molar-refractivity contribution in [1.29, 1.82) is 0 Å². The standard InChI is InChI=1S/C20H24N4O3/c1-24-15-4-2-3-5-16(15)27-11-14(19(24)26)21-18(25)17-12-6-7-20(8-9-20)10-13(12)22-23-17/h2-5,14,19,26H,6-11H2,1H3,(H,21,25)(H,22,23)/t14-,19?/m0/s1. The molecule has 2 aromatic rings. The smallest absolute Gasteiger partial charge is 0.272 e. The maximum atomic E-state index is 12.9. The molecule has 7 nitrogen and oxygen atoms in total.